The highest BCUT2D eigenvalue weighted by Crippen LogP contribution is 2.30. The number of ether oxygens (including phenoxy) is 2. The Morgan fingerprint density at radius 3 is 2.52 bits per heavy atom. The average Bonchev–Trinajstić information content (AvgIpc) is 2.75. The number of hydrogen-bond acceptors (Lipinski definition) is 4. The van der Waals surface area contributed by atoms with Crippen molar-refractivity contribution < 1.29 is 9.47 Å². The number of benzene rings is 1. The smallest absolute Gasteiger partial charge is 0.241 e. The minimum Gasteiger partial charge on any atom is -0.437 e. The number of nitrogens with zero attached hydrogens (tertiary/aromatic N) is 2. The van der Waals surface area contributed by atoms with Crippen LogP contribution in [0.4, 0.5) is 5.69 Å². The third-order valence-corrected chi connectivity index (χ3v) is 3.33. The molecule has 21 heavy (non-hydrogen) atoms. The Labute approximate surface area is 125 Å². The summed E-state index contributed by atoms with van der Waals surface area (Å²) in [7, 11) is 3.55. The molecule has 0 saturated heterocycles. The van der Waals surface area contributed by atoms with Crippen molar-refractivity contribution in [3.8, 4) is 11.6 Å². The molecule has 0 aliphatic rings. The van der Waals surface area contributed by atoms with E-state index >= 15 is 0 Å². The SMILES string of the molecule is CCCc1nn(C)c(Oc2ccc(CCOC)cc2)c1N. The Kier molecular flexibility index (Phi) is 5.22. The molecule has 0 aliphatic carbocycles. The van der Waals surface area contributed by atoms with Crippen LogP contribution in [0.3, 0.4) is 0 Å². The van der Waals surface area contributed by atoms with Gasteiger partial charge in [0.05, 0.1) is 12.3 Å². The van der Waals surface area contributed by atoms with Gasteiger partial charge in [-0.15, -0.1) is 0 Å². The molecular formula is C16H23N3O2. The molecular weight excluding hydrogens is 266 g/mol. The maximum absolute atomic E-state index is 6.11. The summed E-state index contributed by atoms with van der Waals surface area (Å²) in [6.07, 6.45) is 2.76. The molecule has 5 heteroatoms. The van der Waals surface area contributed by atoms with Crippen molar-refractivity contribution in [1.82, 2.24) is 9.78 Å². The molecule has 1 aromatic heterocycles. The van der Waals surface area contributed by atoms with Crippen molar-refractivity contribution in [3.05, 3.63) is 35.5 Å². The number of anilines is 1. The first kappa shape index (κ1) is 15.4. The van der Waals surface area contributed by atoms with E-state index in [4.69, 9.17) is 15.2 Å². The van der Waals surface area contributed by atoms with E-state index < -0.39 is 0 Å². The van der Waals surface area contributed by atoms with E-state index in [1.807, 2.05) is 31.3 Å². The summed E-state index contributed by atoms with van der Waals surface area (Å²) in [5.74, 6) is 1.36. The molecule has 2 aromatic rings. The van der Waals surface area contributed by atoms with Crippen LogP contribution >= 0.6 is 0 Å². The predicted octanol–water partition coefficient (Wildman–Crippen LogP) is 2.94. The van der Waals surface area contributed by atoms with Gasteiger partial charge in [-0.05, 0) is 30.5 Å². The summed E-state index contributed by atoms with van der Waals surface area (Å²) < 4.78 is 12.6. The van der Waals surface area contributed by atoms with Gasteiger partial charge < -0.3 is 15.2 Å². The third-order valence-electron chi connectivity index (χ3n) is 3.33. The van der Waals surface area contributed by atoms with Gasteiger partial charge in [0.25, 0.3) is 0 Å². The number of hydrogen-bond donors (Lipinski definition) is 1. The predicted molar refractivity (Wildman–Crippen MR) is 83.7 cm³/mol. The van der Waals surface area contributed by atoms with Crippen LogP contribution in [0.5, 0.6) is 11.6 Å². The van der Waals surface area contributed by atoms with E-state index in [-0.39, 0.29) is 0 Å². The molecule has 114 valence electrons. The second-order valence-corrected chi connectivity index (χ2v) is 5.03. The number of aromatic nitrogens is 2. The first-order valence-corrected chi connectivity index (χ1v) is 7.22. The van der Waals surface area contributed by atoms with E-state index in [0.717, 1.165) is 37.3 Å². The summed E-state index contributed by atoms with van der Waals surface area (Å²) in [6.45, 7) is 2.82. The molecule has 0 atom stereocenters. The van der Waals surface area contributed by atoms with E-state index in [1.165, 1.54) is 5.56 Å². The van der Waals surface area contributed by atoms with Crippen molar-refractivity contribution in [3.63, 3.8) is 0 Å². The van der Waals surface area contributed by atoms with Gasteiger partial charge in [-0.3, -0.25) is 0 Å². The second kappa shape index (κ2) is 7.13. The Morgan fingerprint density at radius 1 is 1.19 bits per heavy atom. The molecule has 0 saturated carbocycles. The monoisotopic (exact) mass is 289 g/mol. The zero-order valence-electron chi connectivity index (χ0n) is 12.9. The maximum Gasteiger partial charge on any atom is 0.241 e. The lowest BCUT2D eigenvalue weighted by molar-refractivity contribution is 0.202. The van der Waals surface area contributed by atoms with Crippen LogP contribution in [0.1, 0.15) is 24.6 Å². The molecule has 0 aliphatic heterocycles. The van der Waals surface area contributed by atoms with Crippen LogP contribution in [0.2, 0.25) is 0 Å². The van der Waals surface area contributed by atoms with Crippen molar-refractivity contribution in [2.75, 3.05) is 19.5 Å². The van der Waals surface area contributed by atoms with Crippen molar-refractivity contribution in [1.29, 1.82) is 0 Å². The molecule has 0 unspecified atom stereocenters. The van der Waals surface area contributed by atoms with Crippen LogP contribution in [0.15, 0.2) is 24.3 Å². The van der Waals surface area contributed by atoms with Gasteiger partial charge in [-0.2, -0.15) is 5.10 Å². The molecule has 0 amide bonds. The van der Waals surface area contributed by atoms with Crippen LogP contribution in [-0.2, 0) is 24.6 Å². The van der Waals surface area contributed by atoms with Crippen LogP contribution in [0, 0.1) is 0 Å². The number of nitrogen functional groups attached to an aromatic ring is 1. The lowest BCUT2D eigenvalue weighted by atomic mass is 10.1. The standard InChI is InChI=1S/C16H23N3O2/c1-4-5-14-15(17)16(19(2)18-14)21-13-8-6-12(7-9-13)10-11-20-3/h6-9H,4-5,10-11,17H2,1-3H3. The Hall–Kier alpha value is -2.01. The summed E-state index contributed by atoms with van der Waals surface area (Å²) in [5.41, 5.74) is 8.85. The number of rotatable bonds is 7. The second-order valence-electron chi connectivity index (χ2n) is 5.03. The molecule has 0 radical (unpaired) electrons. The van der Waals surface area contributed by atoms with Crippen molar-refractivity contribution >= 4 is 5.69 Å². The third kappa shape index (κ3) is 3.76. The minimum absolute atomic E-state index is 0.600. The van der Waals surface area contributed by atoms with Crippen LogP contribution in [0.25, 0.3) is 0 Å². The lowest BCUT2D eigenvalue weighted by Gasteiger charge is -2.07. The number of nitrogens with two attached hydrogens (primary N) is 1. The zero-order valence-corrected chi connectivity index (χ0v) is 12.9. The van der Waals surface area contributed by atoms with Gasteiger partial charge in [0.1, 0.15) is 11.4 Å². The average molecular weight is 289 g/mol. The Bertz CT molecular complexity index is 576. The fourth-order valence-corrected chi connectivity index (χ4v) is 2.18. The minimum atomic E-state index is 0.600. The number of methoxy groups -OCH3 is 1. The van der Waals surface area contributed by atoms with Gasteiger partial charge in [-0.25, -0.2) is 4.68 Å². The topological polar surface area (TPSA) is 62.3 Å². The Morgan fingerprint density at radius 2 is 1.90 bits per heavy atom. The lowest BCUT2D eigenvalue weighted by Crippen LogP contribution is -1.98. The Balaban J connectivity index is 2.11. The molecule has 2 N–H and O–H groups in total. The quantitative estimate of drug-likeness (QED) is 0.851. The first-order chi connectivity index (χ1) is 10.2. The first-order valence-electron chi connectivity index (χ1n) is 7.22. The largest absolute Gasteiger partial charge is 0.437 e. The van der Waals surface area contributed by atoms with Gasteiger partial charge >= 0.3 is 0 Å². The van der Waals surface area contributed by atoms with Crippen LogP contribution < -0.4 is 10.5 Å². The van der Waals surface area contributed by atoms with Gasteiger partial charge in [0.15, 0.2) is 0 Å². The molecule has 1 heterocycles. The summed E-state index contributed by atoms with van der Waals surface area (Å²) in [4.78, 5) is 0. The normalized spacial score (nSPS) is 10.8. The van der Waals surface area contributed by atoms with Gasteiger partial charge in [0, 0.05) is 14.2 Å². The molecule has 0 fully saturated rings. The summed E-state index contributed by atoms with van der Waals surface area (Å²) in [6, 6.07) is 7.95. The van der Waals surface area contributed by atoms with Crippen LogP contribution in [-0.4, -0.2) is 23.5 Å². The highest BCUT2D eigenvalue weighted by molar-refractivity contribution is 5.54. The molecule has 0 spiro atoms. The van der Waals surface area contributed by atoms with E-state index in [0.29, 0.717) is 11.6 Å². The molecule has 5 nitrogen and oxygen atoms in total. The summed E-state index contributed by atoms with van der Waals surface area (Å²) in [5, 5.41) is 4.40. The van der Waals surface area contributed by atoms with E-state index in [1.54, 1.807) is 11.8 Å². The van der Waals surface area contributed by atoms with Gasteiger partial charge in [-0.1, -0.05) is 25.5 Å². The summed E-state index contributed by atoms with van der Waals surface area (Å²) >= 11 is 0. The van der Waals surface area contributed by atoms with E-state index in [2.05, 4.69) is 12.0 Å². The highest BCUT2D eigenvalue weighted by atomic mass is 16.5. The van der Waals surface area contributed by atoms with Crippen molar-refractivity contribution in [2.45, 2.75) is 26.2 Å². The van der Waals surface area contributed by atoms with Gasteiger partial charge in [0.2, 0.25) is 5.88 Å². The highest BCUT2D eigenvalue weighted by Gasteiger charge is 2.14. The van der Waals surface area contributed by atoms with Crippen molar-refractivity contribution in [2.24, 2.45) is 7.05 Å². The molecule has 2 rings (SSSR count). The number of aryl methyl sites for hydroxylation is 2. The maximum atomic E-state index is 6.11. The molecule has 1 aromatic carbocycles. The zero-order chi connectivity index (χ0) is 15.2. The fourth-order valence-electron chi connectivity index (χ4n) is 2.18. The van der Waals surface area contributed by atoms with E-state index in [9.17, 15) is 0 Å². The fraction of sp³-hybridized carbons (Fsp3) is 0.438. The molecule has 0 bridgehead atoms.